The van der Waals surface area contributed by atoms with Gasteiger partial charge in [0.1, 0.15) is 6.10 Å². The van der Waals surface area contributed by atoms with Crippen molar-refractivity contribution in [3.05, 3.63) is 65.5 Å². The fraction of sp³-hybridized carbons (Fsp3) is 0.350. The summed E-state index contributed by atoms with van der Waals surface area (Å²) < 4.78 is 11.2. The average Bonchev–Trinajstić information content (AvgIpc) is 2.98. The molecule has 1 aromatic carbocycles. The van der Waals surface area contributed by atoms with E-state index in [0.717, 1.165) is 17.5 Å². The van der Waals surface area contributed by atoms with Gasteiger partial charge >= 0.3 is 5.97 Å². The van der Waals surface area contributed by atoms with E-state index in [0.29, 0.717) is 18.6 Å². The van der Waals surface area contributed by atoms with Crippen LogP contribution < -0.4 is 5.32 Å². The number of cyclic esters (lactones) is 1. The molecule has 0 spiro atoms. The first kappa shape index (κ1) is 16.7. The van der Waals surface area contributed by atoms with Crippen LogP contribution in [0.5, 0.6) is 0 Å². The van der Waals surface area contributed by atoms with Gasteiger partial charge < -0.3 is 14.8 Å². The van der Waals surface area contributed by atoms with Crippen molar-refractivity contribution >= 4 is 11.9 Å². The number of benzene rings is 1. The largest absolute Gasteiger partial charge is 0.453 e. The quantitative estimate of drug-likeness (QED) is 0.856. The summed E-state index contributed by atoms with van der Waals surface area (Å²) in [5.41, 5.74) is 2.35. The van der Waals surface area contributed by atoms with E-state index in [-0.39, 0.29) is 30.4 Å². The zero-order valence-electron chi connectivity index (χ0n) is 14.3. The summed E-state index contributed by atoms with van der Waals surface area (Å²) in [5, 5.41) is 3.06. The Morgan fingerprint density at radius 1 is 1.23 bits per heavy atom. The highest BCUT2D eigenvalue weighted by Gasteiger charge is 2.33. The van der Waals surface area contributed by atoms with Crippen LogP contribution in [0.15, 0.2) is 48.8 Å². The number of nitrogens with one attached hydrogen (secondary N) is 1. The second kappa shape index (κ2) is 7.25. The molecule has 6 nitrogen and oxygen atoms in total. The Kier molecular flexibility index (Phi) is 4.67. The van der Waals surface area contributed by atoms with Crippen LogP contribution in [0.4, 0.5) is 0 Å². The van der Waals surface area contributed by atoms with Crippen LogP contribution in [0, 0.1) is 0 Å². The first-order valence-corrected chi connectivity index (χ1v) is 8.81. The van der Waals surface area contributed by atoms with Crippen molar-refractivity contribution in [2.75, 3.05) is 6.61 Å². The first-order valence-electron chi connectivity index (χ1n) is 8.81. The van der Waals surface area contributed by atoms with E-state index < -0.39 is 6.10 Å². The summed E-state index contributed by atoms with van der Waals surface area (Å²) in [6.07, 6.45) is 4.57. The number of nitrogens with zero attached hydrogens (tertiary/aromatic N) is 1. The number of esters is 1. The highest BCUT2D eigenvalue weighted by Crippen LogP contribution is 2.33. The number of pyridine rings is 1. The van der Waals surface area contributed by atoms with E-state index >= 15 is 0 Å². The Hall–Kier alpha value is -2.73. The van der Waals surface area contributed by atoms with Crippen LogP contribution in [0.1, 0.15) is 53.0 Å². The Morgan fingerprint density at radius 2 is 2.12 bits per heavy atom. The van der Waals surface area contributed by atoms with Gasteiger partial charge in [-0.05, 0) is 30.5 Å². The summed E-state index contributed by atoms with van der Waals surface area (Å²) in [4.78, 5) is 28.5. The minimum Gasteiger partial charge on any atom is -0.453 e. The molecule has 0 aliphatic carbocycles. The van der Waals surface area contributed by atoms with E-state index in [1.807, 2.05) is 24.3 Å². The molecule has 4 rings (SSSR count). The maximum Gasteiger partial charge on any atom is 0.339 e. The van der Waals surface area contributed by atoms with Gasteiger partial charge in [-0.25, -0.2) is 4.79 Å². The van der Waals surface area contributed by atoms with Crippen molar-refractivity contribution < 1.29 is 19.1 Å². The Morgan fingerprint density at radius 3 is 2.96 bits per heavy atom. The van der Waals surface area contributed by atoms with Gasteiger partial charge in [0.15, 0.2) is 0 Å². The van der Waals surface area contributed by atoms with E-state index in [4.69, 9.17) is 9.47 Å². The van der Waals surface area contributed by atoms with Crippen molar-refractivity contribution in [3.63, 3.8) is 0 Å². The third kappa shape index (κ3) is 3.46. The second-order valence-electron chi connectivity index (χ2n) is 6.62. The van der Waals surface area contributed by atoms with Crippen molar-refractivity contribution in [1.82, 2.24) is 10.3 Å². The van der Waals surface area contributed by atoms with Crippen molar-refractivity contribution in [2.24, 2.45) is 0 Å². The maximum absolute atomic E-state index is 12.5. The molecule has 26 heavy (non-hydrogen) atoms. The molecule has 1 unspecified atom stereocenters. The average molecular weight is 352 g/mol. The summed E-state index contributed by atoms with van der Waals surface area (Å²) in [6.45, 7) is 0.589. The zero-order valence-corrected chi connectivity index (χ0v) is 14.3. The predicted molar refractivity (Wildman–Crippen MR) is 93.3 cm³/mol. The molecule has 2 aliphatic heterocycles. The van der Waals surface area contributed by atoms with Crippen molar-refractivity contribution in [2.45, 2.75) is 37.5 Å². The van der Waals surface area contributed by atoms with E-state index in [1.165, 1.54) is 0 Å². The predicted octanol–water partition coefficient (Wildman–Crippen LogP) is 2.72. The number of fused-ring (bicyclic) bond motifs is 1. The van der Waals surface area contributed by atoms with Crippen LogP contribution in [0.25, 0.3) is 0 Å². The van der Waals surface area contributed by atoms with Gasteiger partial charge in [-0.1, -0.05) is 24.3 Å². The van der Waals surface area contributed by atoms with Crippen LogP contribution in [-0.2, 0) is 14.3 Å². The normalized spacial score (nSPS) is 24.6. The zero-order chi connectivity index (χ0) is 17.9. The van der Waals surface area contributed by atoms with Gasteiger partial charge in [-0.15, -0.1) is 0 Å². The molecular weight excluding hydrogens is 332 g/mol. The second-order valence-corrected chi connectivity index (χ2v) is 6.62. The Bertz CT molecular complexity index is 808. The molecule has 0 radical (unpaired) electrons. The SMILES string of the molecule is O=C(CC1OC(=O)c2ccccc21)N[C@@H]1CCO[C@@H](c2cccnc2)C1. The fourth-order valence-electron chi connectivity index (χ4n) is 3.55. The molecule has 134 valence electrons. The molecule has 1 aromatic heterocycles. The summed E-state index contributed by atoms with van der Waals surface area (Å²) in [7, 11) is 0. The summed E-state index contributed by atoms with van der Waals surface area (Å²) in [5.74, 6) is -0.475. The lowest BCUT2D eigenvalue weighted by atomic mass is 9.98. The molecule has 2 aromatic rings. The van der Waals surface area contributed by atoms with Crippen molar-refractivity contribution in [3.8, 4) is 0 Å². The number of rotatable bonds is 4. The number of ether oxygens (including phenoxy) is 2. The summed E-state index contributed by atoms with van der Waals surface area (Å²) >= 11 is 0. The molecule has 2 aliphatic rings. The van der Waals surface area contributed by atoms with Crippen LogP contribution in [0.2, 0.25) is 0 Å². The minimum absolute atomic E-state index is 0.0359. The van der Waals surface area contributed by atoms with Crippen LogP contribution in [0.3, 0.4) is 0 Å². The van der Waals surface area contributed by atoms with E-state index in [9.17, 15) is 9.59 Å². The monoisotopic (exact) mass is 352 g/mol. The highest BCUT2D eigenvalue weighted by atomic mass is 16.5. The van der Waals surface area contributed by atoms with Gasteiger partial charge in [0, 0.05) is 30.6 Å². The first-order chi connectivity index (χ1) is 12.7. The lowest BCUT2D eigenvalue weighted by Gasteiger charge is -2.30. The molecule has 0 saturated carbocycles. The smallest absolute Gasteiger partial charge is 0.339 e. The van der Waals surface area contributed by atoms with E-state index in [1.54, 1.807) is 24.5 Å². The van der Waals surface area contributed by atoms with Gasteiger partial charge in [-0.3, -0.25) is 9.78 Å². The lowest BCUT2D eigenvalue weighted by molar-refractivity contribution is -0.124. The van der Waals surface area contributed by atoms with Crippen LogP contribution >= 0.6 is 0 Å². The Balaban J connectivity index is 1.36. The molecule has 0 bridgehead atoms. The molecule has 3 heterocycles. The number of hydrogen-bond donors (Lipinski definition) is 1. The minimum atomic E-state index is -0.507. The topological polar surface area (TPSA) is 77.5 Å². The fourth-order valence-corrected chi connectivity index (χ4v) is 3.55. The van der Waals surface area contributed by atoms with E-state index in [2.05, 4.69) is 10.3 Å². The van der Waals surface area contributed by atoms with Crippen LogP contribution in [-0.4, -0.2) is 29.5 Å². The van der Waals surface area contributed by atoms with Gasteiger partial charge in [0.05, 0.1) is 18.1 Å². The van der Waals surface area contributed by atoms with Crippen molar-refractivity contribution in [1.29, 1.82) is 0 Å². The molecular formula is C20H20N2O4. The number of aromatic nitrogens is 1. The molecule has 1 amide bonds. The molecule has 3 atom stereocenters. The van der Waals surface area contributed by atoms with Gasteiger partial charge in [0.2, 0.25) is 5.91 Å². The number of amides is 1. The third-order valence-corrected chi connectivity index (χ3v) is 4.85. The lowest BCUT2D eigenvalue weighted by Crippen LogP contribution is -2.40. The maximum atomic E-state index is 12.5. The molecule has 6 heteroatoms. The number of hydrogen-bond acceptors (Lipinski definition) is 5. The summed E-state index contributed by atoms with van der Waals surface area (Å²) in [6, 6.07) is 11.1. The molecule has 1 saturated heterocycles. The van der Waals surface area contributed by atoms with Gasteiger partial charge in [0.25, 0.3) is 0 Å². The Labute approximate surface area is 151 Å². The van der Waals surface area contributed by atoms with Gasteiger partial charge in [-0.2, -0.15) is 0 Å². The highest BCUT2D eigenvalue weighted by molar-refractivity contribution is 5.94. The third-order valence-electron chi connectivity index (χ3n) is 4.85. The number of carbonyl (C=O) groups excluding carboxylic acids is 2. The molecule has 1 N–H and O–H groups in total. The molecule has 1 fully saturated rings. The standard InChI is InChI=1S/C20H20N2O4/c23-19(11-18-15-5-1-2-6-16(15)20(24)26-18)22-14-7-9-25-17(10-14)13-4-3-8-21-12-13/h1-6,8,12,14,17-18H,7,9-11H2,(H,22,23)/t14-,17-,18?/m1/s1. The number of carbonyl (C=O) groups is 2.